The van der Waals surface area contributed by atoms with Crippen LogP contribution >= 0.6 is 0 Å². The van der Waals surface area contributed by atoms with Crippen LogP contribution in [-0.2, 0) is 13.5 Å². The molecule has 0 radical (unpaired) electrons. The number of nitrogens with zero attached hydrogens (tertiary/aromatic N) is 5. The fourth-order valence-corrected chi connectivity index (χ4v) is 2.60. The van der Waals surface area contributed by atoms with E-state index in [-0.39, 0.29) is 0 Å². The molecular weight excluding hydrogens is 310 g/mol. The molecule has 24 heavy (non-hydrogen) atoms. The van der Waals surface area contributed by atoms with Gasteiger partial charge in [0.2, 0.25) is 11.7 Å². The fraction of sp³-hybridized carbons (Fsp3) is 0.375. The minimum absolute atomic E-state index is 0.352. The summed E-state index contributed by atoms with van der Waals surface area (Å²) in [4.78, 5) is 8.69. The number of aliphatic hydroxyl groups excluding tert-OH is 1. The molecule has 1 aliphatic heterocycles. The Kier molecular flexibility index (Phi) is 3.17. The summed E-state index contributed by atoms with van der Waals surface area (Å²) in [5, 5.41) is 18.4. The molecule has 1 N–H and O–H groups in total. The maximum Gasteiger partial charge on any atom is 0.259 e. The zero-order valence-electron chi connectivity index (χ0n) is 13.6. The summed E-state index contributed by atoms with van der Waals surface area (Å²) >= 11 is 0. The molecule has 124 valence electrons. The maximum atomic E-state index is 10.2. The lowest BCUT2D eigenvalue weighted by Crippen LogP contribution is -2.46. The lowest BCUT2D eigenvalue weighted by Gasteiger charge is -2.36. The first-order valence-corrected chi connectivity index (χ1v) is 7.62. The predicted molar refractivity (Wildman–Crippen MR) is 84.1 cm³/mol. The normalized spacial score (nSPS) is 18.9. The summed E-state index contributed by atoms with van der Waals surface area (Å²) in [6.07, 6.45) is 3.30. The third-order valence-electron chi connectivity index (χ3n) is 4.12. The van der Waals surface area contributed by atoms with Crippen LogP contribution in [0.2, 0.25) is 0 Å². The van der Waals surface area contributed by atoms with Crippen LogP contribution in [-0.4, -0.2) is 41.7 Å². The number of fused-ring (bicyclic) bond motifs is 1. The number of aromatic nitrogens is 5. The van der Waals surface area contributed by atoms with Crippen molar-refractivity contribution in [2.24, 2.45) is 7.05 Å². The smallest absolute Gasteiger partial charge is 0.259 e. The summed E-state index contributed by atoms with van der Waals surface area (Å²) in [5.41, 5.74) is 1.48. The monoisotopic (exact) mass is 327 g/mol. The molecule has 0 aliphatic carbocycles. The molecule has 4 rings (SSSR count). The minimum Gasteiger partial charge on any atom is -0.469 e. The van der Waals surface area contributed by atoms with E-state index < -0.39 is 11.7 Å². The summed E-state index contributed by atoms with van der Waals surface area (Å²) in [6.45, 7) is 3.68. The quantitative estimate of drug-likeness (QED) is 0.763. The van der Waals surface area contributed by atoms with Crippen molar-refractivity contribution in [2.45, 2.75) is 32.0 Å². The Morgan fingerprint density at radius 3 is 2.96 bits per heavy atom. The average molecular weight is 327 g/mol. The molecular formula is C16H17N5O3. The van der Waals surface area contributed by atoms with E-state index in [4.69, 9.17) is 9.26 Å². The second kappa shape index (κ2) is 5.13. The Morgan fingerprint density at radius 1 is 1.38 bits per heavy atom. The highest BCUT2D eigenvalue weighted by atomic mass is 16.5. The number of hydrogen-bond donors (Lipinski definition) is 1. The Bertz CT molecular complexity index is 899. The Balaban J connectivity index is 1.67. The van der Waals surface area contributed by atoms with Crippen LogP contribution in [0.15, 0.2) is 29.0 Å². The Labute approximate surface area is 138 Å². The number of aliphatic hydroxyl groups is 1. The largest absolute Gasteiger partial charge is 0.469 e. The highest BCUT2D eigenvalue weighted by molar-refractivity contribution is 5.58. The van der Waals surface area contributed by atoms with Gasteiger partial charge in [-0.05, 0) is 26.0 Å². The molecule has 0 amide bonds. The van der Waals surface area contributed by atoms with Crippen LogP contribution < -0.4 is 4.74 Å². The molecule has 3 aromatic heterocycles. The van der Waals surface area contributed by atoms with Gasteiger partial charge in [0.15, 0.2) is 0 Å². The van der Waals surface area contributed by atoms with Gasteiger partial charge in [-0.2, -0.15) is 10.1 Å². The fourth-order valence-electron chi connectivity index (χ4n) is 2.60. The molecule has 0 aromatic carbocycles. The molecule has 0 spiro atoms. The van der Waals surface area contributed by atoms with Crippen molar-refractivity contribution in [1.29, 1.82) is 0 Å². The molecule has 1 unspecified atom stereocenters. The van der Waals surface area contributed by atoms with Gasteiger partial charge in [-0.25, -0.2) is 4.98 Å². The SMILES string of the molecule is Cn1ccc(-c2noc(-c3cnc4c(c3)CC(O)C(C)(C)O4)n2)n1. The third kappa shape index (κ3) is 2.44. The van der Waals surface area contributed by atoms with Crippen molar-refractivity contribution in [1.82, 2.24) is 24.9 Å². The minimum atomic E-state index is -0.655. The van der Waals surface area contributed by atoms with E-state index >= 15 is 0 Å². The first-order chi connectivity index (χ1) is 11.4. The molecule has 8 heteroatoms. The van der Waals surface area contributed by atoms with Crippen LogP contribution in [0.5, 0.6) is 5.88 Å². The van der Waals surface area contributed by atoms with Crippen molar-refractivity contribution in [3.63, 3.8) is 0 Å². The summed E-state index contributed by atoms with van der Waals surface area (Å²) in [6, 6.07) is 3.67. The molecule has 0 saturated carbocycles. The second-order valence-corrected chi connectivity index (χ2v) is 6.41. The van der Waals surface area contributed by atoms with E-state index in [1.54, 1.807) is 10.9 Å². The van der Waals surface area contributed by atoms with Crippen LogP contribution in [0.3, 0.4) is 0 Å². The van der Waals surface area contributed by atoms with E-state index in [1.165, 1.54) is 0 Å². The van der Waals surface area contributed by atoms with E-state index in [0.717, 1.165) is 5.56 Å². The molecule has 3 aromatic rings. The summed E-state index contributed by atoms with van der Waals surface area (Å²) in [5.74, 6) is 1.30. The lowest BCUT2D eigenvalue weighted by molar-refractivity contribution is -0.0442. The van der Waals surface area contributed by atoms with Crippen LogP contribution in [0, 0.1) is 0 Å². The number of aryl methyl sites for hydroxylation is 1. The molecule has 0 bridgehead atoms. The van der Waals surface area contributed by atoms with Crippen molar-refractivity contribution in [2.75, 3.05) is 0 Å². The van der Waals surface area contributed by atoms with Crippen molar-refractivity contribution >= 4 is 0 Å². The van der Waals surface area contributed by atoms with Crippen molar-refractivity contribution in [3.8, 4) is 28.9 Å². The van der Waals surface area contributed by atoms with Crippen LogP contribution in [0.25, 0.3) is 23.0 Å². The molecule has 1 atom stereocenters. The first-order valence-electron chi connectivity index (χ1n) is 7.62. The van der Waals surface area contributed by atoms with Crippen molar-refractivity contribution < 1.29 is 14.4 Å². The lowest BCUT2D eigenvalue weighted by atomic mass is 9.92. The Hall–Kier alpha value is -2.74. The van der Waals surface area contributed by atoms with E-state index in [2.05, 4.69) is 20.2 Å². The van der Waals surface area contributed by atoms with Gasteiger partial charge in [0, 0.05) is 31.4 Å². The summed E-state index contributed by atoms with van der Waals surface area (Å²) in [7, 11) is 1.82. The standard InChI is InChI=1S/C16H17N5O3/c1-16(2)12(22)7-9-6-10(8-17-14(9)23-16)15-18-13(20-24-15)11-4-5-21(3)19-11/h4-6,8,12,22H,7H2,1-3H3. The first kappa shape index (κ1) is 14.8. The van der Waals surface area contributed by atoms with Crippen molar-refractivity contribution in [3.05, 3.63) is 30.1 Å². The van der Waals surface area contributed by atoms with Crippen LogP contribution in [0.4, 0.5) is 0 Å². The highest BCUT2D eigenvalue weighted by Gasteiger charge is 2.36. The number of pyridine rings is 1. The van der Waals surface area contributed by atoms with E-state index in [0.29, 0.717) is 35.3 Å². The zero-order valence-corrected chi connectivity index (χ0v) is 13.6. The van der Waals surface area contributed by atoms with E-state index in [9.17, 15) is 5.11 Å². The van der Waals surface area contributed by atoms with Gasteiger partial charge in [0.1, 0.15) is 11.3 Å². The van der Waals surface area contributed by atoms with Gasteiger partial charge in [0.05, 0.1) is 11.7 Å². The third-order valence-corrected chi connectivity index (χ3v) is 4.12. The Morgan fingerprint density at radius 2 is 2.21 bits per heavy atom. The second-order valence-electron chi connectivity index (χ2n) is 6.41. The van der Waals surface area contributed by atoms with Gasteiger partial charge in [-0.1, -0.05) is 5.16 Å². The molecule has 4 heterocycles. The molecule has 1 aliphatic rings. The molecule has 8 nitrogen and oxygen atoms in total. The summed E-state index contributed by atoms with van der Waals surface area (Å²) < 4.78 is 12.8. The molecule has 0 saturated heterocycles. The maximum absolute atomic E-state index is 10.2. The van der Waals surface area contributed by atoms with Crippen LogP contribution in [0.1, 0.15) is 19.4 Å². The zero-order chi connectivity index (χ0) is 16.9. The topological polar surface area (TPSA) is 99.1 Å². The number of rotatable bonds is 2. The van der Waals surface area contributed by atoms with E-state index in [1.807, 2.05) is 39.2 Å². The predicted octanol–water partition coefficient (Wildman–Crippen LogP) is 1.61. The molecule has 0 fully saturated rings. The average Bonchev–Trinajstić information content (AvgIpc) is 3.16. The number of ether oxygens (including phenoxy) is 1. The number of hydrogen-bond acceptors (Lipinski definition) is 7. The van der Waals surface area contributed by atoms with Gasteiger partial charge in [-0.15, -0.1) is 0 Å². The van der Waals surface area contributed by atoms with Gasteiger partial charge in [-0.3, -0.25) is 4.68 Å². The van der Waals surface area contributed by atoms with Gasteiger partial charge < -0.3 is 14.4 Å². The van der Waals surface area contributed by atoms with Gasteiger partial charge in [0.25, 0.3) is 5.89 Å². The van der Waals surface area contributed by atoms with Gasteiger partial charge >= 0.3 is 0 Å². The highest BCUT2D eigenvalue weighted by Crippen LogP contribution is 2.34.